The minimum absolute atomic E-state index is 0.0901. The maximum Gasteiger partial charge on any atom is 0.237 e. The lowest BCUT2D eigenvalue weighted by molar-refractivity contribution is 0.218. The zero-order chi connectivity index (χ0) is 21.4. The van der Waals surface area contributed by atoms with E-state index in [9.17, 15) is 5.11 Å². The fraction of sp³-hybridized carbons (Fsp3) is 0.261. The standard InChI is InChI=1S/C23H24N6O2/c1-23(2,14-30)16-3-5-17(6-4-16)27-20-21-25-7-9-29(21)13-19(28-20)15-11-18-22(26-12-15)31-10-8-24-18/h3-7,9,11-13,24,30H,8,10,14H2,1-2H3,(H,27,28). The third-order valence-corrected chi connectivity index (χ3v) is 5.50. The molecule has 158 valence electrons. The molecule has 0 aliphatic carbocycles. The molecule has 4 aromatic rings. The second-order valence-electron chi connectivity index (χ2n) is 8.23. The first-order valence-corrected chi connectivity index (χ1v) is 10.2. The van der Waals surface area contributed by atoms with Crippen LogP contribution in [0.3, 0.4) is 0 Å². The van der Waals surface area contributed by atoms with Crippen molar-refractivity contribution in [1.82, 2.24) is 19.4 Å². The summed E-state index contributed by atoms with van der Waals surface area (Å²) in [6.07, 6.45) is 7.35. The molecule has 8 heteroatoms. The highest BCUT2D eigenvalue weighted by molar-refractivity contribution is 5.75. The lowest BCUT2D eigenvalue weighted by atomic mass is 9.85. The number of aromatic nitrogens is 4. The second-order valence-corrected chi connectivity index (χ2v) is 8.23. The van der Waals surface area contributed by atoms with Gasteiger partial charge >= 0.3 is 0 Å². The SMILES string of the molecule is CC(C)(CO)c1ccc(Nc2nc(-c3cnc4c(c3)NCCO4)cn3ccnc23)cc1. The van der Waals surface area contributed by atoms with Crippen molar-refractivity contribution in [3.63, 3.8) is 0 Å². The van der Waals surface area contributed by atoms with Crippen molar-refractivity contribution in [2.24, 2.45) is 0 Å². The number of hydrogen-bond acceptors (Lipinski definition) is 7. The summed E-state index contributed by atoms with van der Waals surface area (Å²) in [4.78, 5) is 13.7. The summed E-state index contributed by atoms with van der Waals surface area (Å²) in [7, 11) is 0. The monoisotopic (exact) mass is 416 g/mol. The Morgan fingerprint density at radius 3 is 2.87 bits per heavy atom. The number of aliphatic hydroxyl groups excluding tert-OH is 1. The van der Waals surface area contributed by atoms with Crippen molar-refractivity contribution in [2.45, 2.75) is 19.3 Å². The summed E-state index contributed by atoms with van der Waals surface area (Å²) in [6.45, 7) is 5.48. The number of ether oxygens (including phenoxy) is 1. The van der Waals surface area contributed by atoms with Gasteiger partial charge in [-0.1, -0.05) is 26.0 Å². The van der Waals surface area contributed by atoms with E-state index in [1.165, 1.54) is 0 Å². The Labute approximate surface area is 180 Å². The molecule has 3 N–H and O–H groups in total. The third kappa shape index (κ3) is 3.66. The van der Waals surface area contributed by atoms with Crippen LogP contribution in [0.1, 0.15) is 19.4 Å². The van der Waals surface area contributed by atoms with Crippen LogP contribution in [0.4, 0.5) is 17.2 Å². The number of rotatable bonds is 5. The topological polar surface area (TPSA) is 96.6 Å². The first kappa shape index (κ1) is 19.3. The first-order valence-electron chi connectivity index (χ1n) is 10.2. The maximum atomic E-state index is 9.61. The van der Waals surface area contributed by atoms with E-state index in [2.05, 4.69) is 20.6 Å². The predicted octanol–water partition coefficient (Wildman–Crippen LogP) is 3.61. The van der Waals surface area contributed by atoms with E-state index in [1.54, 1.807) is 12.4 Å². The van der Waals surface area contributed by atoms with E-state index < -0.39 is 0 Å². The van der Waals surface area contributed by atoms with Crippen molar-refractivity contribution in [3.8, 4) is 17.1 Å². The van der Waals surface area contributed by atoms with Gasteiger partial charge in [-0.2, -0.15) is 0 Å². The Hall–Kier alpha value is -3.65. The number of nitrogens with one attached hydrogen (secondary N) is 2. The molecule has 0 unspecified atom stereocenters. The number of hydrogen-bond donors (Lipinski definition) is 3. The molecule has 1 aliphatic rings. The van der Waals surface area contributed by atoms with Crippen LogP contribution >= 0.6 is 0 Å². The fourth-order valence-electron chi connectivity index (χ4n) is 3.55. The molecular formula is C23H24N6O2. The van der Waals surface area contributed by atoms with Gasteiger partial charge in [0.05, 0.1) is 18.0 Å². The Balaban J connectivity index is 1.50. The Morgan fingerprint density at radius 2 is 2.06 bits per heavy atom. The predicted molar refractivity (Wildman–Crippen MR) is 120 cm³/mol. The molecular weight excluding hydrogens is 392 g/mol. The summed E-state index contributed by atoms with van der Waals surface area (Å²) in [5.74, 6) is 1.27. The van der Waals surface area contributed by atoms with Crippen molar-refractivity contribution < 1.29 is 9.84 Å². The zero-order valence-corrected chi connectivity index (χ0v) is 17.5. The largest absolute Gasteiger partial charge is 0.474 e. The normalized spacial score (nSPS) is 13.4. The molecule has 0 radical (unpaired) electrons. The van der Waals surface area contributed by atoms with Gasteiger partial charge in [-0.15, -0.1) is 0 Å². The van der Waals surface area contributed by atoms with Gasteiger partial charge < -0.3 is 24.9 Å². The van der Waals surface area contributed by atoms with E-state index in [0.29, 0.717) is 18.3 Å². The maximum absolute atomic E-state index is 9.61. The zero-order valence-electron chi connectivity index (χ0n) is 17.5. The van der Waals surface area contributed by atoms with Gasteiger partial charge in [0, 0.05) is 48.0 Å². The highest BCUT2D eigenvalue weighted by Gasteiger charge is 2.19. The van der Waals surface area contributed by atoms with Crippen LogP contribution in [0.5, 0.6) is 5.88 Å². The minimum atomic E-state index is -0.287. The molecule has 8 nitrogen and oxygen atoms in total. The average Bonchev–Trinajstić information content (AvgIpc) is 3.28. The lowest BCUT2D eigenvalue weighted by Gasteiger charge is -2.22. The van der Waals surface area contributed by atoms with Gasteiger partial charge in [0.2, 0.25) is 5.88 Å². The average molecular weight is 416 g/mol. The Morgan fingerprint density at radius 1 is 1.23 bits per heavy atom. The summed E-state index contributed by atoms with van der Waals surface area (Å²) >= 11 is 0. The number of anilines is 3. The van der Waals surface area contributed by atoms with E-state index in [-0.39, 0.29) is 12.0 Å². The van der Waals surface area contributed by atoms with Crippen molar-refractivity contribution in [3.05, 3.63) is 60.7 Å². The van der Waals surface area contributed by atoms with Gasteiger partial charge in [-0.3, -0.25) is 0 Å². The van der Waals surface area contributed by atoms with Crippen molar-refractivity contribution in [1.29, 1.82) is 0 Å². The molecule has 0 saturated carbocycles. The molecule has 0 spiro atoms. The summed E-state index contributed by atoms with van der Waals surface area (Å²) in [6, 6.07) is 10.0. The van der Waals surface area contributed by atoms with E-state index in [1.807, 2.05) is 61.0 Å². The Bertz CT molecular complexity index is 1230. The molecule has 0 fully saturated rings. The molecule has 0 saturated heterocycles. The quantitative estimate of drug-likeness (QED) is 0.457. The number of benzene rings is 1. The number of imidazole rings is 1. The molecule has 0 atom stereocenters. The summed E-state index contributed by atoms with van der Waals surface area (Å²) in [5, 5.41) is 16.3. The van der Waals surface area contributed by atoms with Gasteiger partial charge in [0.25, 0.3) is 0 Å². The minimum Gasteiger partial charge on any atom is -0.474 e. The number of aliphatic hydroxyl groups is 1. The summed E-state index contributed by atoms with van der Waals surface area (Å²) < 4.78 is 7.52. The van der Waals surface area contributed by atoms with Crippen LogP contribution in [0.15, 0.2) is 55.1 Å². The highest BCUT2D eigenvalue weighted by Crippen LogP contribution is 2.31. The molecule has 3 aromatic heterocycles. The number of pyridine rings is 1. The van der Waals surface area contributed by atoms with E-state index >= 15 is 0 Å². The van der Waals surface area contributed by atoms with Gasteiger partial charge in [0.15, 0.2) is 11.5 Å². The van der Waals surface area contributed by atoms with Crippen LogP contribution in [-0.2, 0) is 5.41 Å². The molecule has 1 aliphatic heterocycles. The van der Waals surface area contributed by atoms with Gasteiger partial charge in [-0.05, 0) is 23.8 Å². The van der Waals surface area contributed by atoms with Crippen LogP contribution < -0.4 is 15.4 Å². The van der Waals surface area contributed by atoms with Gasteiger partial charge in [-0.25, -0.2) is 15.0 Å². The van der Waals surface area contributed by atoms with E-state index in [4.69, 9.17) is 9.72 Å². The first-order chi connectivity index (χ1) is 15.0. The molecule has 1 aromatic carbocycles. The molecule has 4 heterocycles. The van der Waals surface area contributed by atoms with Crippen molar-refractivity contribution >= 4 is 22.8 Å². The fourth-order valence-corrected chi connectivity index (χ4v) is 3.55. The third-order valence-electron chi connectivity index (χ3n) is 5.50. The number of nitrogens with zero attached hydrogens (tertiary/aromatic N) is 4. The van der Waals surface area contributed by atoms with E-state index in [0.717, 1.165) is 40.4 Å². The Kier molecular flexibility index (Phi) is 4.71. The van der Waals surface area contributed by atoms with Gasteiger partial charge in [0.1, 0.15) is 6.61 Å². The van der Waals surface area contributed by atoms with Crippen LogP contribution in [0.2, 0.25) is 0 Å². The molecule has 5 rings (SSSR count). The summed E-state index contributed by atoms with van der Waals surface area (Å²) in [5.41, 5.74) is 4.94. The lowest BCUT2D eigenvalue weighted by Crippen LogP contribution is -2.21. The second kappa shape index (κ2) is 7.55. The molecule has 0 amide bonds. The molecule has 0 bridgehead atoms. The smallest absolute Gasteiger partial charge is 0.237 e. The van der Waals surface area contributed by atoms with Crippen LogP contribution in [-0.4, -0.2) is 44.2 Å². The van der Waals surface area contributed by atoms with Crippen LogP contribution in [0.25, 0.3) is 16.9 Å². The molecule has 31 heavy (non-hydrogen) atoms. The van der Waals surface area contributed by atoms with Crippen molar-refractivity contribution in [2.75, 3.05) is 30.4 Å². The number of fused-ring (bicyclic) bond motifs is 2. The van der Waals surface area contributed by atoms with Crippen LogP contribution in [0, 0.1) is 0 Å². The highest BCUT2D eigenvalue weighted by atomic mass is 16.5.